The molecule has 0 aliphatic rings. The summed E-state index contributed by atoms with van der Waals surface area (Å²) in [6.45, 7) is 0. The molecule has 11 aromatic rings. The van der Waals surface area contributed by atoms with Crippen molar-refractivity contribution < 1.29 is 13.3 Å². The number of hydrogen-bond acceptors (Lipinski definition) is 5. The molecule has 0 saturated carbocycles. The maximum atomic E-state index is 6.57. The predicted octanol–water partition coefficient (Wildman–Crippen LogP) is 14.1. The molecule has 0 unspecified atom stereocenters. The topological polar surface area (TPSA) is 55.6 Å². The Bertz CT molecular complexity index is 3120. The summed E-state index contributed by atoms with van der Waals surface area (Å²) in [6, 6.07) is 62.8. The van der Waals surface area contributed by atoms with Gasteiger partial charge in [-0.05, 0) is 89.0 Å². The van der Waals surface area contributed by atoms with Gasteiger partial charge in [-0.15, -0.1) is 0 Å². The normalized spacial score (nSPS) is 11.7. The molecule has 0 aliphatic carbocycles. The number of hydrogen-bond donors (Lipinski definition) is 0. The summed E-state index contributed by atoms with van der Waals surface area (Å²) in [5.41, 5.74) is 13.4. The van der Waals surface area contributed by atoms with Crippen LogP contribution in [0.1, 0.15) is 0 Å². The van der Waals surface area contributed by atoms with Gasteiger partial charge in [0.15, 0.2) is 5.58 Å². The molecular formula is C49H30N2O3. The zero-order valence-electron chi connectivity index (χ0n) is 28.9. The van der Waals surface area contributed by atoms with Crippen LogP contribution in [0.4, 0.5) is 17.1 Å². The van der Waals surface area contributed by atoms with Crippen LogP contribution in [0.2, 0.25) is 0 Å². The molecule has 54 heavy (non-hydrogen) atoms. The molecule has 0 atom stereocenters. The van der Waals surface area contributed by atoms with Crippen molar-refractivity contribution in [3.8, 4) is 33.7 Å². The van der Waals surface area contributed by atoms with Crippen LogP contribution < -0.4 is 4.90 Å². The van der Waals surface area contributed by atoms with Gasteiger partial charge < -0.3 is 18.2 Å². The predicted molar refractivity (Wildman–Crippen MR) is 220 cm³/mol. The highest BCUT2D eigenvalue weighted by atomic mass is 16.4. The van der Waals surface area contributed by atoms with Gasteiger partial charge in [0.2, 0.25) is 5.89 Å². The number of benzene rings is 8. The molecule has 5 heteroatoms. The van der Waals surface area contributed by atoms with Crippen molar-refractivity contribution in [3.05, 3.63) is 182 Å². The number of aromatic nitrogens is 1. The number of nitrogens with zero attached hydrogens (tertiary/aromatic N) is 2. The third-order valence-corrected chi connectivity index (χ3v) is 10.3. The van der Waals surface area contributed by atoms with E-state index in [0.717, 1.165) is 88.7 Å². The largest absolute Gasteiger partial charge is 0.456 e. The Morgan fingerprint density at radius 3 is 1.63 bits per heavy atom. The first-order valence-corrected chi connectivity index (χ1v) is 18.0. The minimum Gasteiger partial charge on any atom is -0.456 e. The molecule has 0 bridgehead atoms. The Hall–Kier alpha value is -7.37. The average molecular weight is 695 g/mol. The van der Waals surface area contributed by atoms with E-state index >= 15 is 0 Å². The van der Waals surface area contributed by atoms with Gasteiger partial charge in [0.25, 0.3) is 0 Å². The Morgan fingerprint density at radius 1 is 0.352 bits per heavy atom. The van der Waals surface area contributed by atoms with Crippen molar-refractivity contribution in [2.24, 2.45) is 0 Å². The van der Waals surface area contributed by atoms with Gasteiger partial charge in [0.1, 0.15) is 27.8 Å². The van der Waals surface area contributed by atoms with Crippen LogP contribution in [0.5, 0.6) is 0 Å². The van der Waals surface area contributed by atoms with Crippen LogP contribution in [0, 0.1) is 0 Å². The molecule has 8 aromatic carbocycles. The van der Waals surface area contributed by atoms with Gasteiger partial charge in [-0.25, -0.2) is 4.98 Å². The Labute approximate surface area is 309 Å². The van der Waals surface area contributed by atoms with E-state index in [1.807, 2.05) is 66.7 Å². The molecule has 0 fully saturated rings. The van der Waals surface area contributed by atoms with Crippen LogP contribution in [-0.4, -0.2) is 4.98 Å². The third kappa shape index (κ3) is 4.98. The van der Waals surface area contributed by atoms with Crippen molar-refractivity contribution in [2.75, 3.05) is 4.90 Å². The minimum atomic E-state index is 0.573. The van der Waals surface area contributed by atoms with E-state index in [-0.39, 0.29) is 0 Å². The van der Waals surface area contributed by atoms with Crippen LogP contribution >= 0.6 is 0 Å². The Balaban J connectivity index is 1.03. The van der Waals surface area contributed by atoms with E-state index in [4.69, 9.17) is 18.2 Å². The zero-order chi connectivity index (χ0) is 35.6. The van der Waals surface area contributed by atoms with Crippen LogP contribution in [0.15, 0.2) is 195 Å². The summed E-state index contributed by atoms with van der Waals surface area (Å²) in [7, 11) is 0. The highest BCUT2D eigenvalue weighted by Gasteiger charge is 2.20. The highest BCUT2D eigenvalue weighted by molar-refractivity contribution is 6.13. The van der Waals surface area contributed by atoms with E-state index in [2.05, 4.69) is 120 Å². The number of oxazole rings is 1. The quantitative estimate of drug-likeness (QED) is 0.173. The van der Waals surface area contributed by atoms with Gasteiger partial charge in [-0.1, -0.05) is 103 Å². The lowest BCUT2D eigenvalue weighted by Crippen LogP contribution is -2.09. The standard InChI is InChI=1S/C49H30N2O3/c1-2-9-31(10-3-1)32-17-19-33(20-18-32)34-21-23-35(24-22-34)51(36-25-27-39-38-11-4-6-14-43(38)52-46(39)29-36)37-26-28-40-47(30-37)53-45-16-8-12-41(48(40)45)49-50-42-13-5-7-15-44(42)54-49/h1-30H. The molecule has 5 nitrogen and oxygen atoms in total. The van der Waals surface area contributed by atoms with Gasteiger partial charge in [-0.2, -0.15) is 0 Å². The summed E-state index contributed by atoms with van der Waals surface area (Å²) in [6.07, 6.45) is 0. The molecule has 0 saturated heterocycles. The molecule has 254 valence electrons. The second-order valence-corrected chi connectivity index (χ2v) is 13.6. The zero-order valence-corrected chi connectivity index (χ0v) is 28.9. The van der Waals surface area contributed by atoms with Gasteiger partial charge in [0, 0.05) is 56.3 Å². The van der Waals surface area contributed by atoms with Gasteiger partial charge in [0.05, 0.1) is 0 Å². The summed E-state index contributed by atoms with van der Waals surface area (Å²) in [5.74, 6) is 0.573. The van der Waals surface area contributed by atoms with Crippen LogP contribution in [0.25, 0.3) is 88.7 Å². The Kier molecular flexibility index (Phi) is 6.79. The third-order valence-electron chi connectivity index (χ3n) is 10.3. The number of furan rings is 2. The Morgan fingerprint density at radius 2 is 0.889 bits per heavy atom. The second kappa shape index (κ2) is 12.1. The molecular weight excluding hydrogens is 665 g/mol. The molecule has 3 heterocycles. The van der Waals surface area contributed by atoms with Crippen molar-refractivity contribution in [1.82, 2.24) is 4.98 Å². The monoisotopic (exact) mass is 694 g/mol. The van der Waals surface area contributed by atoms with Crippen LogP contribution in [0.3, 0.4) is 0 Å². The average Bonchev–Trinajstić information content (AvgIpc) is 3.94. The van der Waals surface area contributed by atoms with Crippen molar-refractivity contribution in [1.29, 1.82) is 0 Å². The SMILES string of the molecule is c1ccc(-c2ccc(-c3ccc(N(c4ccc5c(c4)oc4ccccc45)c4ccc5c(c4)oc4cccc(-c6nc7ccccc7o6)c45)cc3)cc2)cc1. The summed E-state index contributed by atoms with van der Waals surface area (Å²) in [5, 5.41) is 4.16. The molecule has 3 aromatic heterocycles. The van der Waals surface area contributed by atoms with Crippen LogP contribution in [-0.2, 0) is 0 Å². The van der Waals surface area contributed by atoms with Crippen molar-refractivity contribution in [3.63, 3.8) is 0 Å². The van der Waals surface area contributed by atoms with Crippen molar-refractivity contribution in [2.45, 2.75) is 0 Å². The number of para-hydroxylation sites is 3. The summed E-state index contributed by atoms with van der Waals surface area (Å²) < 4.78 is 19.1. The van der Waals surface area contributed by atoms with Gasteiger partial charge >= 0.3 is 0 Å². The van der Waals surface area contributed by atoms with E-state index in [9.17, 15) is 0 Å². The fraction of sp³-hybridized carbons (Fsp3) is 0. The van der Waals surface area contributed by atoms with E-state index < -0.39 is 0 Å². The number of anilines is 3. The van der Waals surface area contributed by atoms with Crippen molar-refractivity contribution >= 4 is 72.0 Å². The molecule has 11 rings (SSSR count). The van der Waals surface area contributed by atoms with E-state index in [1.165, 1.54) is 11.1 Å². The summed E-state index contributed by atoms with van der Waals surface area (Å²) >= 11 is 0. The first-order valence-electron chi connectivity index (χ1n) is 18.0. The highest BCUT2D eigenvalue weighted by Crippen LogP contribution is 2.43. The molecule has 0 N–H and O–H groups in total. The first-order chi connectivity index (χ1) is 26.7. The number of rotatable bonds is 6. The lowest BCUT2D eigenvalue weighted by atomic mass is 10.00. The molecule has 0 aliphatic heterocycles. The fourth-order valence-electron chi connectivity index (χ4n) is 7.71. The number of fused-ring (bicyclic) bond motifs is 7. The fourth-order valence-corrected chi connectivity index (χ4v) is 7.71. The lowest BCUT2D eigenvalue weighted by Gasteiger charge is -2.25. The minimum absolute atomic E-state index is 0.573. The second-order valence-electron chi connectivity index (χ2n) is 13.6. The first kappa shape index (κ1) is 30.3. The smallest absolute Gasteiger partial charge is 0.228 e. The maximum Gasteiger partial charge on any atom is 0.228 e. The van der Waals surface area contributed by atoms with Gasteiger partial charge in [-0.3, -0.25) is 0 Å². The van der Waals surface area contributed by atoms with E-state index in [0.29, 0.717) is 5.89 Å². The van der Waals surface area contributed by atoms with E-state index in [1.54, 1.807) is 0 Å². The maximum absolute atomic E-state index is 6.57. The summed E-state index contributed by atoms with van der Waals surface area (Å²) in [4.78, 5) is 7.06. The molecule has 0 radical (unpaired) electrons. The lowest BCUT2D eigenvalue weighted by molar-refractivity contribution is 0.620. The molecule has 0 amide bonds. The molecule has 0 spiro atoms.